The molecule has 1 aromatic carbocycles. The molecule has 1 unspecified atom stereocenters. The van der Waals surface area contributed by atoms with Crippen molar-refractivity contribution in [3.8, 4) is 17.6 Å². The number of sulfonamides is 1. The number of aliphatic hydroxyl groups is 1. The van der Waals surface area contributed by atoms with Gasteiger partial charge in [-0.25, -0.2) is 8.42 Å². The maximum absolute atomic E-state index is 12.7. The van der Waals surface area contributed by atoms with Gasteiger partial charge < -0.3 is 9.84 Å². The van der Waals surface area contributed by atoms with Crippen LogP contribution in [0.25, 0.3) is 0 Å². The van der Waals surface area contributed by atoms with Crippen LogP contribution in [0.3, 0.4) is 0 Å². The van der Waals surface area contributed by atoms with Crippen molar-refractivity contribution >= 4 is 10.0 Å². The Morgan fingerprint density at radius 1 is 1.48 bits per heavy atom. The Bertz CT molecular complexity index is 673. The molecule has 1 fully saturated rings. The molecule has 0 amide bonds. The summed E-state index contributed by atoms with van der Waals surface area (Å²) in [5.74, 6) is 5.91. The molecule has 21 heavy (non-hydrogen) atoms. The number of rotatable bonds is 3. The van der Waals surface area contributed by atoms with Gasteiger partial charge in [-0.2, -0.15) is 4.31 Å². The molecule has 1 aliphatic rings. The van der Waals surface area contributed by atoms with E-state index in [9.17, 15) is 8.42 Å². The SMILES string of the molecule is COc1ccc(C#CCO)cc1S(=O)(=O)N1CCC(C)C1. The first-order chi connectivity index (χ1) is 9.98. The van der Waals surface area contributed by atoms with Crippen LogP contribution in [0.1, 0.15) is 18.9 Å². The highest BCUT2D eigenvalue weighted by atomic mass is 32.2. The minimum atomic E-state index is -3.58. The summed E-state index contributed by atoms with van der Waals surface area (Å²) >= 11 is 0. The van der Waals surface area contributed by atoms with E-state index in [1.54, 1.807) is 12.1 Å². The average molecular weight is 309 g/mol. The van der Waals surface area contributed by atoms with Crippen LogP contribution < -0.4 is 4.74 Å². The van der Waals surface area contributed by atoms with E-state index in [4.69, 9.17) is 9.84 Å². The van der Waals surface area contributed by atoms with Gasteiger partial charge >= 0.3 is 0 Å². The smallest absolute Gasteiger partial charge is 0.246 e. The monoisotopic (exact) mass is 309 g/mol. The molecule has 6 heteroatoms. The van der Waals surface area contributed by atoms with Gasteiger partial charge in [0.25, 0.3) is 0 Å². The normalized spacial score (nSPS) is 19.1. The van der Waals surface area contributed by atoms with Crippen LogP contribution in [0.2, 0.25) is 0 Å². The fraction of sp³-hybridized carbons (Fsp3) is 0.467. The summed E-state index contributed by atoms with van der Waals surface area (Å²) in [6, 6.07) is 4.76. The Labute approximate surface area is 125 Å². The lowest BCUT2D eigenvalue weighted by Crippen LogP contribution is -2.29. The maximum Gasteiger partial charge on any atom is 0.246 e. The first kappa shape index (κ1) is 15.8. The summed E-state index contributed by atoms with van der Waals surface area (Å²) in [6.07, 6.45) is 0.867. The molecule has 5 nitrogen and oxygen atoms in total. The first-order valence-electron chi connectivity index (χ1n) is 6.77. The number of hydrogen-bond donors (Lipinski definition) is 1. The van der Waals surface area contributed by atoms with E-state index in [0.717, 1.165) is 6.42 Å². The van der Waals surface area contributed by atoms with Gasteiger partial charge in [-0.3, -0.25) is 0 Å². The Hall–Kier alpha value is -1.55. The Morgan fingerprint density at radius 2 is 2.24 bits per heavy atom. The predicted molar refractivity (Wildman–Crippen MR) is 79.5 cm³/mol. The van der Waals surface area contributed by atoms with Crippen LogP contribution in [0.4, 0.5) is 0 Å². The summed E-state index contributed by atoms with van der Waals surface area (Å²) in [5, 5.41) is 8.73. The van der Waals surface area contributed by atoms with E-state index in [0.29, 0.717) is 30.3 Å². The Morgan fingerprint density at radius 3 is 2.81 bits per heavy atom. The minimum Gasteiger partial charge on any atom is -0.495 e. The van der Waals surface area contributed by atoms with Crippen LogP contribution in [0.15, 0.2) is 23.1 Å². The topological polar surface area (TPSA) is 66.8 Å². The van der Waals surface area contributed by atoms with Crippen molar-refractivity contribution < 1.29 is 18.3 Å². The standard InChI is InChI=1S/C15H19NO4S/c1-12-7-8-16(11-12)21(18,19)15-10-13(4-3-9-17)5-6-14(15)20-2/h5-6,10,12,17H,7-9,11H2,1-2H3. The number of nitrogens with zero attached hydrogens (tertiary/aromatic N) is 1. The van der Waals surface area contributed by atoms with Crippen molar-refractivity contribution in [2.45, 2.75) is 18.2 Å². The summed E-state index contributed by atoms with van der Waals surface area (Å²) in [6.45, 7) is 2.82. The molecule has 114 valence electrons. The highest BCUT2D eigenvalue weighted by molar-refractivity contribution is 7.89. The van der Waals surface area contributed by atoms with Crippen molar-refractivity contribution in [2.24, 2.45) is 5.92 Å². The van der Waals surface area contributed by atoms with Crippen molar-refractivity contribution in [2.75, 3.05) is 26.8 Å². The van der Waals surface area contributed by atoms with Crippen LogP contribution in [0.5, 0.6) is 5.75 Å². The van der Waals surface area contributed by atoms with Gasteiger partial charge in [0.2, 0.25) is 10.0 Å². The highest BCUT2D eigenvalue weighted by Crippen LogP contribution is 2.30. The molecule has 1 atom stereocenters. The molecule has 0 saturated carbocycles. The van der Waals surface area contributed by atoms with E-state index in [1.165, 1.54) is 17.5 Å². The summed E-state index contributed by atoms with van der Waals surface area (Å²) in [4.78, 5) is 0.129. The molecule has 1 aliphatic heterocycles. The predicted octanol–water partition coefficient (Wildman–Crippen LogP) is 1.07. The Kier molecular flexibility index (Phi) is 4.88. The van der Waals surface area contributed by atoms with Crippen molar-refractivity contribution in [1.29, 1.82) is 0 Å². The molecule has 1 aromatic rings. The van der Waals surface area contributed by atoms with Crippen molar-refractivity contribution in [3.05, 3.63) is 23.8 Å². The molecule has 1 saturated heterocycles. The minimum absolute atomic E-state index is 0.129. The number of benzene rings is 1. The first-order valence-corrected chi connectivity index (χ1v) is 8.21. The van der Waals surface area contributed by atoms with E-state index in [1.807, 2.05) is 6.92 Å². The molecule has 0 aliphatic carbocycles. The quantitative estimate of drug-likeness (QED) is 0.848. The van der Waals surface area contributed by atoms with Crippen molar-refractivity contribution in [1.82, 2.24) is 4.31 Å². The van der Waals surface area contributed by atoms with Crippen LogP contribution in [0, 0.1) is 17.8 Å². The molecular weight excluding hydrogens is 290 g/mol. The molecule has 2 rings (SSSR count). The summed E-state index contributed by atoms with van der Waals surface area (Å²) in [5.41, 5.74) is 0.538. The Balaban J connectivity index is 2.45. The molecule has 0 radical (unpaired) electrons. The maximum atomic E-state index is 12.7. The van der Waals surface area contributed by atoms with Gasteiger partial charge in [-0.1, -0.05) is 18.8 Å². The summed E-state index contributed by atoms with van der Waals surface area (Å²) in [7, 11) is -2.14. The number of hydrogen-bond acceptors (Lipinski definition) is 4. The highest BCUT2D eigenvalue weighted by Gasteiger charge is 2.32. The van der Waals surface area contributed by atoms with E-state index < -0.39 is 10.0 Å². The second-order valence-electron chi connectivity index (χ2n) is 5.08. The van der Waals surface area contributed by atoms with Gasteiger partial charge in [0.1, 0.15) is 17.3 Å². The van der Waals surface area contributed by atoms with Crippen LogP contribution in [-0.4, -0.2) is 44.6 Å². The van der Waals surface area contributed by atoms with E-state index in [2.05, 4.69) is 11.8 Å². The molecular formula is C15H19NO4S. The van der Waals surface area contributed by atoms with Gasteiger partial charge in [0, 0.05) is 18.7 Å². The zero-order chi connectivity index (χ0) is 15.5. The molecule has 0 bridgehead atoms. The fourth-order valence-electron chi connectivity index (χ4n) is 2.35. The lowest BCUT2D eigenvalue weighted by atomic mass is 10.2. The molecule has 0 aromatic heterocycles. The number of ether oxygens (including phenoxy) is 1. The second kappa shape index (κ2) is 6.48. The molecule has 1 N–H and O–H groups in total. The number of aliphatic hydroxyl groups excluding tert-OH is 1. The van der Waals surface area contributed by atoms with Gasteiger partial charge in [-0.15, -0.1) is 0 Å². The lowest BCUT2D eigenvalue weighted by molar-refractivity contribution is 0.350. The van der Waals surface area contributed by atoms with Gasteiger partial charge in [0.15, 0.2) is 0 Å². The zero-order valence-electron chi connectivity index (χ0n) is 12.2. The van der Waals surface area contributed by atoms with Crippen LogP contribution in [-0.2, 0) is 10.0 Å². The van der Waals surface area contributed by atoms with Crippen LogP contribution >= 0.6 is 0 Å². The van der Waals surface area contributed by atoms with E-state index in [-0.39, 0.29) is 11.5 Å². The third-order valence-electron chi connectivity index (χ3n) is 3.48. The second-order valence-corrected chi connectivity index (χ2v) is 6.99. The van der Waals surface area contributed by atoms with E-state index >= 15 is 0 Å². The fourth-order valence-corrected chi connectivity index (χ4v) is 4.11. The van der Waals surface area contributed by atoms with Crippen molar-refractivity contribution in [3.63, 3.8) is 0 Å². The third-order valence-corrected chi connectivity index (χ3v) is 5.37. The lowest BCUT2D eigenvalue weighted by Gasteiger charge is -2.18. The third kappa shape index (κ3) is 3.38. The molecule has 0 spiro atoms. The van der Waals surface area contributed by atoms with Gasteiger partial charge in [-0.05, 0) is 30.5 Å². The number of methoxy groups -OCH3 is 1. The zero-order valence-corrected chi connectivity index (χ0v) is 13.0. The molecule has 1 heterocycles. The van der Waals surface area contributed by atoms with Gasteiger partial charge in [0.05, 0.1) is 7.11 Å². The largest absolute Gasteiger partial charge is 0.495 e. The summed E-state index contributed by atoms with van der Waals surface area (Å²) < 4.78 is 32.1. The average Bonchev–Trinajstić information content (AvgIpc) is 2.92.